The summed E-state index contributed by atoms with van der Waals surface area (Å²) < 4.78 is 2.23. The number of halogens is 3. The maximum atomic E-state index is 6.37. The number of hydrogen-bond donors (Lipinski definition) is 1. The summed E-state index contributed by atoms with van der Waals surface area (Å²) in [5.41, 5.74) is 4.48. The van der Waals surface area contributed by atoms with E-state index >= 15 is 0 Å². The predicted molar refractivity (Wildman–Crippen MR) is 116 cm³/mol. The summed E-state index contributed by atoms with van der Waals surface area (Å²) in [6.07, 6.45) is 2.18. The van der Waals surface area contributed by atoms with Crippen LogP contribution in [0.1, 0.15) is 11.1 Å². The van der Waals surface area contributed by atoms with Gasteiger partial charge < -0.3 is 9.88 Å². The molecule has 0 aliphatic rings. The van der Waals surface area contributed by atoms with Crippen molar-refractivity contribution < 1.29 is 0 Å². The van der Waals surface area contributed by atoms with Crippen LogP contribution in [0.2, 0.25) is 15.1 Å². The Balaban J connectivity index is 1.63. The molecule has 1 heterocycles. The Bertz CT molecular complexity index is 1080. The molecule has 2 nitrogen and oxygen atoms in total. The molecule has 0 aliphatic carbocycles. The van der Waals surface area contributed by atoms with Gasteiger partial charge >= 0.3 is 0 Å². The molecule has 0 bridgehead atoms. The molecule has 4 rings (SSSR count). The first kappa shape index (κ1) is 18.2. The summed E-state index contributed by atoms with van der Waals surface area (Å²) in [6, 6.07) is 21.8. The van der Waals surface area contributed by atoms with E-state index < -0.39 is 0 Å². The van der Waals surface area contributed by atoms with Crippen LogP contribution >= 0.6 is 34.8 Å². The van der Waals surface area contributed by atoms with Gasteiger partial charge in [-0.15, -0.1) is 0 Å². The molecule has 27 heavy (non-hydrogen) atoms. The zero-order valence-electron chi connectivity index (χ0n) is 14.4. The van der Waals surface area contributed by atoms with Gasteiger partial charge in [0.05, 0.1) is 0 Å². The minimum Gasteiger partial charge on any atom is -0.381 e. The zero-order chi connectivity index (χ0) is 18.8. The highest BCUT2D eigenvalue weighted by molar-refractivity contribution is 6.35. The first-order chi connectivity index (χ1) is 13.1. The molecular weight excluding hydrogens is 399 g/mol. The van der Waals surface area contributed by atoms with Crippen LogP contribution in [0.4, 0.5) is 5.69 Å². The molecule has 1 aromatic heterocycles. The van der Waals surface area contributed by atoms with Crippen LogP contribution in [0, 0.1) is 0 Å². The van der Waals surface area contributed by atoms with Crippen LogP contribution in [-0.2, 0) is 13.1 Å². The molecular formula is C22H17Cl3N2. The fourth-order valence-corrected chi connectivity index (χ4v) is 3.79. The standard InChI is InChI=1S/C22H17Cl3N2/c23-17-7-9-19(10-8-17)26-12-16-14-27(22-4-2-1-3-20(16)22)13-15-5-6-18(24)11-21(15)25/h1-11,14,26H,12-13H2. The normalized spacial score (nSPS) is 11.1. The molecule has 0 atom stereocenters. The Hall–Kier alpha value is -2.13. The van der Waals surface area contributed by atoms with Crippen molar-refractivity contribution in [2.24, 2.45) is 0 Å². The van der Waals surface area contributed by atoms with Gasteiger partial charge in [0.15, 0.2) is 0 Å². The van der Waals surface area contributed by atoms with E-state index in [0.29, 0.717) is 16.6 Å². The van der Waals surface area contributed by atoms with Crippen LogP contribution < -0.4 is 5.32 Å². The molecule has 0 unspecified atom stereocenters. The Morgan fingerprint density at radius 2 is 1.52 bits per heavy atom. The van der Waals surface area contributed by atoms with Gasteiger partial charge in [0.1, 0.15) is 0 Å². The zero-order valence-corrected chi connectivity index (χ0v) is 16.7. The monoisotopic (exact) mass is 414 g/mol. The average molecular weight is 416 g/mol. The van der Waals surface area contributed by atoms with Gasteiger partial charge in [0, 0.05) is 50.9 Å². The molecule has 0 spiro atoms. The van der Waals surface area contributed by atoms with Gasteiger partial charge in [-0.3, -0.25) is 0 Å². The van der Waals surface area contributed by atoms with Crippen molar-refractivity contribution in [1.29, 1.82) is 0 Å². The minimum atomic E-state index is 0.647. The first-order valence-corrected chi connectivity index (χ1v) is 9.73. The van der Waals surface area contributed by atoms with E-state index in [9.17, 15) is 0 Å². The maximum absolute atomic E-state index is 6.37. The van der Waals surface area contributed by atoms with Crippen molar-refractivity contribution in [1.82, 2.24) is 4.57 Å². The summed E-state index contributed by atoms with van der Waals surface area (Å²) in [5, 5.41) is 6.75. The van der Waals surface area contributed by atoms with Crippen LogP contribution in [0.5, 0.6) is 0 Å². The molecule has 1 N–H and O–H groups in total. The lowest BCUT2D eigenvalue weighted by atomic mass is 10.1. The molecule has 0 aliphatic heterocycles. The highest BCUT2D eigenvalue weighted by Gasteiger charge is 2.10. The highest BCUT2D eigenvalue weighted by atomic mass is 35.5. The second kappa shape index (κ2) is 7.85. The summed E-state index contributed by atoms with van der Waals surface area (Å²) in [4.78, 5) is 0. The molecule has 3 aromatic carbocycles. The molecule has 4 aromatic rings. The SMILES string of the molecule is Clc1ccc(NCc2cn(Cc3ccc(Cl)cc3Cl)c3ccccc23)cc1. The summed E-state index contributed by atoms with van der Waals surface area (Å²) in [5.74, 6) is 0. The molecule has 5 heteroatoms. The average Bonchev–Trinajstić information content (AvgIpc) is 3.01. The van der Waals surface area contributed by atoms with E-state index in [1.54, 1.807) is 6.07 Å². The Kier molecular flexibility index (Phi) is 5.31. The summed E-state index contributed by atoms with van der Waals surface area (Å²) in [6.45, 7) is 1.42. The smallest absolute Gasteiger partial charge is 0.0491 e. The molecule has 0 radical (unpaired) electrons. The number of aromatic nitrogens is 1. The molecule has 0 fully saturated rings. The van der Waals surface area contributed by atoms with Crippen LogP contribution in [0.3, 0.4) is 0 Å². The lowest BCUT2D eigenvalue weighted by Crippen LogP contribution is -2.00. The fraction of sp³-hybridized carbons (Fsp3) is 0.0909. The van der Waals surface area contributed by atoms with Crippen LogP contribution in [0.25, 0.3) is 10.9 Å². The van der Waals surface area contributed by atoms with E-state index in [4.69, 9.17) is 34.8 Å². The van der Waals surface area contributed by atoms with Crippen molar-refractivity contribution in [2.75, 3.05) is 5.32 Å². The van der Waals surface area contributed by atoms with Crippen LogP contribution in [0.15, 0.2) is 72.9 Å². The van der Waals surface area contributed by atoms with Gasteiger partial charge in [0.25, 0.3) is 0 Å². The van der Waals surface area contributed by atoms with Gasteiger partial charge in [-0.05, 0) is 53.6 Å². The third-order valence-corrected chi connectivity index (χ3v) is 5.39. The van der Waals surface area contributed by atoms with E-state index in [-0.39, 0.29) is 0 Å². The number of hydrogen-bond acceptors (Lipinski definition) is 1. The van der Waals surface area contributed by atoms with Crippen LogP contribution in [-0.4, -0.2) is 4.57 Å². The largest absolute Gasteiger partial charge is 0.381 e. The molecule has 0 amide bonds. The van der Waals surface area contributed by atoms with Crippen molar-refractivity contribution >= 4 is 51.4 Å². The third-order valence-electron chi connectivity index (χ3n) is 4.55. The summed E-state index contributed by atoms with van der Waals surface area (Å²) >= 11 is 18.4. The Morgan fingerprint density at radius 1 is 0.778 bits per heavy atom. The number of para-hydroxylation sites is 1. The second-order valence-electron chi connectivity index (χ2n) is 6.40. The summed E-state index contributed by atoms with van der Waals surface area (Å²) in [7, 11) is 0. The number of rotatable bonds is 5. The van der Waals surface area contributed by atoms with Gasteiger partial charge in [-0.1, -0.05) is 59.1 Å². The predicted octanol–water partition coefficient (Wildman–Crippen LogP) is 7.26. The van der Waals surface area contributed by atoms with E-state index in [0.717, 1.165) is 22.8 Å². The molecule has 0 saturated heterocycles. The maximum Gasteiger partial charge on any atom is 0.0491 e. The number of anilines is 1. The number of fused-ring (bicyclic) bond motifs is 1. The topological polar surface area (TPSA) is 17.0 Å². The number of nitrogens with one attached hydrogen (secondary N) is 1. The van der Waals surface area contributed by atoms with Crippen molar-refractivity contribution in [3.63, 3.8) is 0 Å². The quantitative estimate of drug-likeness (QED) is 0.363. The van der Waals surface area contributed by atoms with Crippen molar-refractivity contribution in [2.45, 2.75) is 13.1 Å². The van der Waals surface area contributed by atoms with E-state index in [1.165, 1.54) is 16.5 Å². The highest BCUT2D eigenvalue weighted by Crippen LogP contribution is 2.27. The van der Waals surface area contributed by atoms with E-state index in [2.05, 4.69) is 40.3 Å². The van der Waals surface area contributed by atoms with Gasteiger partial charge in [-0.25, -0.2) is 0 Å². The first-order valence-electron chi connectivity index (χ1n) is 8.60. The molecule has 136 valence electrons. The molecule has 0 saturated carbocycles. The lowest BCUT2D eigenvalue weighted by molar-refractivity contribution is 0.831. The number of benzene rings is 3. The van der Waals surface area contributed by atoms with Crippen molar-refractivity contribution in [3.05, 3.63) is 99.1 Å². The second-order valence-corrected chi connectivity index (χ2v) is 7.68. The minimum absolute atomic E-state index is 0.647. The fourth-order valence-electron chi connectivity index (χ4n) is 3.19. The van der Waals surface area contributed by atoms with Crippen molar-refractivity contribution in [3.8, 4) is 0 Å². The van der Waals surface area contributed by atoms with Gasteiger partial charge in [-0.2, -0.15) is 0 Å². The Labute approximate surface area is 173 Å². The van der Waals surface area contributed by atoms with Gasteiger partial charge in [0.2, 0.25) is 0 Å². The third kappa shape index (κ3) is 4.08. The Morgan fingerprint density at radius 3 is 2.30 bits per heavy atom. The lowest BCUT2D eigenvalue weighted by Gasteiger charge is -2.08. The van der Waals surface area contributed by atoms with E-state index in [1.807, 2.05) is 36.4 Å². The number of nitrogens with zero attached hydrogens (tertiary/aromatic N) is 1.